The van der Waals surface area contributed by atoms with Gasteiger partial charge in [0.2, 0.25) is 0 Å². The molecular weight excluding hydrogens is 826 g/mol. The molecule has 67 heavy (non-hydrogen) atoms. The minimum atomic E-state index is -2.89. The second kappa shape index (κ2) is 15.4. The Hall–Kier alpha value is -7.34. The number of fused-ring (bicyclic) bond motifs is 6. The van der Waals surface area contributed by atoms with Crippen LogP contribution < -0.4 is 51.8 Å². The number of nitrogens with zero attached hydrogens (tertiary/aromatic N) is 3. The molecule has 12 rings (SSSR count). The smallest absolute Gasteiger partial charge is 0.252 e. The van der Waals surface area contributed by atoms with Gasteiger partial charge in [0.1, 0.15) is 0 Å². The molecule has 0 spiro atoms. The molecule has 0 amide bonds. The van der Waals surface area contributed by atoms with Crippen molar-refractivity contribution in [2.75, 3.05) is 14.7 Å². The van der Waals surface area contributed by atoms with E-state index in [1.807, 2.05) is 0 Å². The van der Waals surface area contributed by atoms with E-state index in [4.69, 9.17) is 0 Å². The molecule has 0 fully saturated rings. The van der Waals surface area contributed by atoms with Crippen molar-refractivity contribution in [1.82, 2.24) is 0 Å². The van der Waals surface area contributed by atoms with Crippen LogP contribution in [0.2, 0.25) is 0 Å². The lowest BCUT2D eigenvalue weighted by atomic mass is 9.33. The van der Waals surface area contributed by atoms with Gasteiger partial charge in [-0.3, -0.25) is 0 Å². The van der Waals surface area contributed by atoms with E-state index >= 15 is 0 Å². The van der Waals surface area contributed by atoms with Gasteiger partial charge in [-0.2, -0.15) is 0 Å². The highest BCUT2D eigenvalue weighted by Gasteiger charge is 2.53. The molecule has 0 unspecified atom stereocenters. The molecule has 324 valence electrons. The van der Waals surface area contributed by atoms with E-state index in [1.54, 1.807) is 0 Å². The van der Waals surface area contributed by atoms with Crippen LogP contribution in [0, 0.1) is 0 Å². The van der Waals surface area contributed by atoms with E-state index in [0.29, 0.717) is 0 Å². The number of benzene rings is 9. The second-order valence-corrected chi connectivity index (χ2v) is 24.3. The Morgan fingerprint density at radius 3 is 1.42 bits per heavy atom. The van der Waals surface area contributed by atoms with E-state index in [1.165, 1.54) is 76.7 Å². The third-order valence-corrected chi connectivity index (χ3v) is 19.4. The zero-order valence-corrected chi connectivity index (χ0v) is 40.2. The average Bonchev–Trinajstić information content (AvgIpc) is 3.35. The average molecular weight is 880 g/mol. The molecular formula is C62H54BN3Si. The summed E-state index contributed by atoms with van der Waals surface area (Å²) < 4.78 is 0. The lowest BCUT2D eigenvalue weighted by molar-refractivity contribution is 0.590. The van der Waals surface area contributed by atoms with Gasteiger partial charge >= 0.3 is 0 Å². The maximum absolute atomic E-state index is 2.89. The van der Waals surface area contributed by atoms with Crippen molar-refractivity contribution >= 4 is 103 Å². The minimum absolute atomic E-state index is 0.00416. The summed E-state index contributed by atoms with van der Waals surface area (Å²) in [6, 6.07) is 83.0. The number of hydrogen-bond acceptors (Lipinski definition) is 3. The Morgan fingerprint density at radius 2 is 0.851 bits per heavy atom. The third-order valence-electron chi connectivity index (χ3n) is 14.6. The summed E-state index contributed by atoms with van der Waals surface area (Å²) in [6.45, 7) is 13.8. The Morgan fingerprint density at radius 1 is 0.388 bits per heavy atom. The molecule has 0 aliphatic carbocycles. The lowest BCUT2D eigenvalue weighted by Gasteiger charge is -2.51. The van der Waals surface area contributed by atoms with Crippen molar-refractivity contribution in [3.63, 3.8) is 0 Å². The number of rotatable bonds is 6. The van der Waals surface area contributed by atoms with Crippen molar-refractivity contribution in [2.24, 2.45) is 0 Å². The number of anilines is 9. The van der Waals surface area contributed by atoms with Crippen molar-refractivity contribution < 1.29 is 0 Å². The molecule has 0 bridgehead atoms. The predicted octanol–water partition coefficient (Wildman–Crippen LogP) is 11.5. The van der Waals surface area contributed by atoms with Crippen LogP contribution >= 0.6 is 0 Å². The summed E-state index contributed by atoms with van der Waals surface area (Å²) in [7, 11) is -2.89. The zero-order chi connectivity index (χ0) is 45.7. The van der Waals surface area contributed by atoms with Crippen LogP contribution in [-0.4, -0.2) is 14.8 Å². The van der Waals surface area contributed by atoms with Crippen molar-refractivity contribution in [1.29, 1.82) is 0 Å². The van der Waals surface area contributed by atoms with E-state index < -0.39 is 8.07 Å². The number of hydrogen-bond donors (Lipinski definition) is 0. The molecule has 0 radical (unpaired) electrons. The molecule has 0 aromatic heterocycles. The number of para-hydroxylation sites is 4. The maximum atomic E-state index is 2.66. The quantitative estimate of drug-likeness (QED) is 0.154. The topological polar surface area (TPSA) is 9.72 Å². The molecule has 0 atom stereocenters. The standard InChI is InChI=1S/C62H54BN3Si/c1-61(2,3)43-33-37-46(38-34-43)64(47-39-35-44(36-40-47)62(4,5)6)48-41-55-59-56(42-48)66-54-30-18-19-31-57(54)67(49-23-12-8-13-24-49,50-25-14-9-15-26-50)58-32-20-28-52(60(58)66)63(59)51-27-16-17-29-53(51)65(55)45-21-10-7-11-22-45/h7-42H,1-6H3. The minimum Gasteiger partial charge on any atom is -0.312 e. The van der Waals surface area contributed by atoms with Crippen LogP contribution in [0.3, 0.4) is 0 Å². The van der Waals surface area contributed by atoms with Gasteiger partial charge in [-0.25, -0.2) is 0 Å². The molecule has 0 saturated heterocycles. The first-order chi connectivity index (χ1) is 32.5. The molecule has 3 aliphatic heterocycles. The van der Waals surface area contributed by atoms with Gasteiger partial charge in [0, 0.05) is 45.5 Å². The SMILES string of the molecule is CC(C)(C)c1ccc(N(c2ccc(C(C)(C)C)cc2)c2cc3c4c(c2)N2c5ccccc5[Si](c5ccccc5)(c5ccccc5)c5cccc(c52)B4c2ccccc2N3c2ccccc2)cc1. The molecule has 0 saturated carbocycles. The monoisotopic (exact) mass is 879 g/mol. The fourth-order valence-electron chi connectivity index (χ4n) is 11.5. The van der Waals surface area contributed by atoms with Gasteiger partial charge < -0.3 is 14.7 Å². The first-order valence-electron chi connectivity index (χ1n) is 23.8. The lowest BCUT2D eigenvalue weighted by Crippen LogP contribution is -2.79. The fraction of sp³-hybridized carbons (Fsp3) is 0.129. The fourth-order valence-corrected chi connectivity index (χ4v) is 16.6. The van der Waals surface area contributed by atoms with Crippen molar-refractivity contribution in [3.05, 3.63) is 230 Å². The summed E-state index contributed by atoms with van der Waals surface area (Å²) in [4.78, 5) is 7.67. The Labute approximate surface area is 397 Å². The highest BCUT2D eigenvalue weighted by Crippen LogP contribution is 2.49. The van der Waals surface area contributed by atoms with E-state index in [0.717, 1.165) is 22.7 Å². The van der Waals surface area contributed by atoms with Crippen molar-refractivity contribution in [2.45, 2.75) is 52.4 Å². The maximum Gasteiger partial charge on any atom is 0.252 e. The van der Waals surface area contributed by atoms with Gasteiger partial charge in [-0.1, -0.05) is 199 Å². The van der Waals surface area contributed by atoms with Gasteiger partial charge in [-0.15, -0.1) is 0 Å². The van der Waals surface area contributed by atoms with E-state index in [-0.39, 0.29) is 17.5 Å². The van der Waals surface area contributed by atoms with Gasteiger partial charge in [0.05, 0.1) is 5.69 Å². The normalized spacial score (nSPS) is 14.1. The molecule has 3 nitrogen and oxygen atoms in total. The first kappa shape index (κ1) is 41.1. The van der Waals surface area contributed by atoms with Crippen LogP contribution in [0.4, 0.5) is 51.2 Å². The molecule has 3 aliphatic rings. The third kappa shape index (κ3) is 6.32. The van der Waals surface area contributed by atoms with E-state index in [2.05, 4.69) is 275 Å². The summed E-state index contributed by atoms with van der Waals surface area (Å²) in [5.41, 5.74) is 17.4. The molecule has 5 heteroatoms. The van der Waals surface area contributed by atoms with Crippen LogP contribution in [0.15, 0.2) is 218 Å². The van der Waals surface area contributed by atoms with E-state index in [9.17, 15) is 0 Å². The summed E-state index contributed by atoms with van der Waals surface area (Å²) in [5.74, 6) is 0. The Bertz CT molecular complexity index is 3220. The van der Waals surface area contributed by atoms with Crippen LogP contribution in [-0.2, 0) is 10.8 Å². The largest absolute Gasteiger partial charge is 0.312 e. The molecule has 9 aromatic carbocycles. The molecule has 9 aromatic rings. The zero-order valence-electron chi connectivity index (χ0n) is 39.2. The predicted molar refractivity (Wildman–Crippen MR) is 290 cm³/mol. The van der Waals surface area contributed by atoms with Crippen molar-refractivity contribution in [3.8, 4) is 0 Å². The van der Waals surface area contributed by atoms with Gasteiger partial charge in [0.25, 0.3) is 6.71 Å². The second-order valence-electron chi connectivity index (χ2n) is 20.6. The summed E-state index contributed by atoms with van der Waals surface area (Å²) >= 11 is 0. The Kier molecular flexibility index (Phi) is 9.43. The van der Waals surface area contributed by atoms with Crippen LogP contribution in [0.1, 0.15) is 52.7 Å². The highest BCUT2D eigenvalue weighted by atomic mass is 28.3. The Balaban J connectivity index is 1.21. The molecule has 0 N–H and O–H groups in total. The first-order valence-corrected chi connectivity index (χ1v) is 25.8. The van der Waals surface area contributed by atoms with Gasteiger partial charge in [-0.05, 0) is 120 Å². The molecule has 3 heterocycles. The van der Waals surface area contributed by atoms with Crippen LogP contribution in [0.5, 0.6) is 0 Å². The van der Waals surface area contributed by atoms with Crippen LogP contribution in [0.25, 0.3) is 0 Å². The summed E-state index contributed by atoms with van der Waals surface area (Å²) in [5, 5.41) is 5.61. The van der Waals surface area contributed by atoms with Gasteiger partial charge in [0.15, 0.2) is 8.07 Å². The summed E-state index contributed by atoms with van der Waals surface area (Å²) in [6.07, 6.45) is 0. The highest BCUT2D eigenvalue weighted by molar-refractivity contribution is 7.22.